The average Bonchev–Trinajstić information content (AvgIpc) is 3.02. The molecule has 0 radical (unpaired) electrons. The van der Waals surface area contributed by atoms with Crippen LogP contribution in [0.25, 0.3) is 10.9 Å². The second-order valence-electron chi connectivity index (χ2n) is 7.32. The number of nitrogens with one attached hydrogen (secondary N) is 2. The molecule has 0 unspecified atom stereocenters. The molecule has 2 aromatic rings. The van der Waals surface area contributed by atoms with Crippen molar-refractivity contribution in [2.24, 2.45) is 5.92 Å². The van der Waals surface area contributed by atoms with Gasteiger partial charge >= 0.3 is 0 Å². The van der Waals surface area contributed by atoms with Crippen molar-refractivity contribution in [3.63, 3.8) is 0 Å². The highest BCUT2D eigenvalue weighted by Gasteiger charge is 2.32. The number of para-hydroxylation sites is 1. The van der Waals surface area contributed by atoms with E-state index >= 15 is 0 Å². The van der Waals surface area contributed by atoms with E-state index in [0.717, 1.165) is 24.9 Å². The highest BCUT2D eigenvalue weighted by atomic mass is 15.2. The first-order valence-corrected chi connectivity index (χ1v) is 9.41. The first-order valence-electron chi connectivity index (χ1n) is 9.41. The molecule has 0 saturated carbocycles. The molecule has 23 heavy (non-hydrogen) atoms. The van der Waals surface area contributed by atoms with E-state index in [1.807, 2.05) is 0 Å². The zero-order valence-corrected chi connectivity index (χ0v) is 14.1. The van der Waals surface area contributed by atoms with Gasteiger partial charge in [-0.05, 0) is 75.8 Å². The summed E-state index contributed by atoms with van der Waals surface area (Å²) in [5, 5.41) is 5.13. The molecule has 2 aliphatic heterocycles. The lowest BCUT2D eigenvalue weighted by molar-refractivity contribution is 0.0596. The Bertz CT molecular complexity index is 631. The van der Waals surface area contributed by atoms with Crippen molar-refractivity contribution in [3.05, 3.63) is 36.0 Å². The lowest BCUT2D eigenvalue weighted by Gasteiger charge is -2.44. The van der Waals surface area contributed by atoms with Crippen LogP contribution in [-0.2, 0) is 6.42 Å². The monoisotopic (exact) mass is 311 g/mol. The Morgan fingerprint density at radius 1 is 1.09 bits per heavy atom. The van der Waals surface area contributed by atoms with Gasteiger partial charge in [-0.15, -0.1) is 0 Å². The minimum atomic E-state index is 0.859. The maximum Gasteiger partial charge on any atom is 0.0456 e. The Balaban J connectivity index is 1.28. The van der Waals surface area contributed by atoms with Crippen LogP contribution >= 0.6 is 0 Å². The quantitative estimate of drug-likeness (QED) is 0.827. The molecule has 4 rings (SSSR count). The number of nitrogens with zero attached hydrogens (tertiary/aromatic N) is 1. The molecule has 1 aromatic carbocycles. The number of aromatic nitrogens is 1. The smallest absolute Gasteiger partial charge is 0.0456 e. The first kappa shape index (κ1) is 15.2. The maximum absolute atomic E-state index is 3.75. The molecule has 0 spiro atoms. The highest BCUT2D eigenvalue weighted by molar-refractivity contribution is 5.83. The molecule has 2 atom stereocenters. The van der Waals surface area contributed by atoms with Crippen LogP contribution in [0.4, 0.5) is 0 Å². The van der Waals surface area contributed by atoms with Gasteiger partial charge in [-0.2, -0.15) is 0 Å². The van der Waals surface area contributed by atoms with E-state index in [1.165, 1.54) is 68.2 Å². The van der Waals surface area contributed by atoms with E-state index in [2.05, 4.69) is 45.7 Å². The van der Waals surface area contributed by atoms with E-state index < -0.39 is 0 Å². The minimum absolute atomic E-state index is 0.859. The molecule has 0 amide bonds. The lowest BCUT2D eigenvalue weighted by Crippen LogP contribution is -2.50. The van der Waals surface area contributed by atoms with E-state index in [0.29, 0.717) is 0 Å². The predicted octanol–water partition coefficient (Wildman–Crippen LogP) is 3.56. The molecule has 124 valence electrons. The van der Waals surface area contributed by atoms with Crippen molar-refractivity contribution in [1.82, 2.24) is 15.2 Å². The molecule has 1 aromatic heterocycles. The van der Waals surface area contributed by atoms with Crippen molar-refractivity contribution >= 4 is 10.9 Å². The van der Waals surface area contributed by atoms with Gasteiger partial charge in [-0.1, -0.05) is 24.6 Å². The summed E-state index contributed by atoms with van der Waals surface area (Å²) in [6, 6.07) is 9.47. The van der Waals surface area contributed by atoms with Crippen LogP contribution in [0, 0.1) is 5.92 Å². The molecule has 2 aliphatic rings. The molecule has 2 fully saturated rings. The number of aromatic amines is 1. The van der Waals surface area contributed by atoms with E-state index in [-0.39, 0.29) is 0 Å². The van der Waals surface area contributed by atoms with Crippen molar-refractivity contribution in [3.8, 4) is 0 Å². The van der Waals surface area contributed by atoms with Gasteiger partial charge < -0.3 is 15.2 Å². The Morgan fingerprint density at radius 2 is 2.00 bits per heavy atom. The number of rotatable bonds is 5. The fourth-order valence-electron chi connectivity index (χ4n) is 4.66. The summed E-state index contributed by atoms with van der Waals surface area (Å²) in [6.45, 7) is 4.97. The number of benzene rings is 1. The van der Waals surface area contributed by atoms with Crippen LogP contribution in [0.3, 0.4) is 0 Å². The van der Waals surface area contributed by atoms with Gasteiger partial charge in [0.25, 0.3) is 0 Å². The van der Waals surface area contributed by atoms with Gasteiger partial charge in [-0.25, -0.2) is 0 Å². The van der Waals surface area contributed by atoms with Gasteiger partial charge in [0.1, 0.15) is 0 Å². The maximum atomic E-state index is 3.75. The van der Waals surface area contributed by atoms with Crippen LogP contribution in [0.1, 0.15) is 37.7 Å². The SMILES string of the molecule is c1ccc2c(CCNC[C@@H]3CCCN4CCCC[C@H]34)c[nH]c2c1. The topological polar surface area (TPSA) is 31.1 Å². The summed E-state index contributed by atoms with van der Waals surface area (Å²) in [5.41, 5.74) is 2.70. The predicted molar refractivity (Wildman–Crippen MR) is 96.8 cm³/mol. The van der Waals surface area contributed by atoms with Crippen molar-refractivity contribution in [2.45, 2.75) is 44.6 Å². The van der Waals surface area contributed by atoms with Crippen LogP contribution < -0.4 is 5.32 Å². The number of hydrogen-bond donors (Lipinski definition) is 2. The largest absolute Gasteiger partial charge is 0.361 e. The van der Waals surface area contributed by atoms with E-state index in [9.17, 15) is 0 Å². The molecule has 2 saturated heterocycles. The molecule has 0 bridgehead atoms. The van der Waals surface area contributed by atoms with Gasteiger partial charge in [0, 0.05) is 23.1 Å². The molecule has 3 heteroatoms. The Kier molecular flexibility index (Phi) is 4.67. The normalized spacial score (nSPS) is 25.6. The Hall–Kier alpha value is -1.32. The summed E-state index contributed by atoms with van der Waals surface area (Å²) in [4.78, 5) is 6.14. The zero-order valence-electron chi connectivity index (χ0n) is 14.1. The van der Waals surface area contributed by atoms with Crippen LogP contribution in [-0.4, -0.2) is 42.1 Å². The second kappa shape index (κ2) is 7.06. The minimum Gasteiger partial charge on any atom is -0.361 e. The van der Waals surface area contributed by atoms with Crippen LogP contribution in [0.2, 0.25) is 0 Å². The third-order valence-electron chi connectivity index (χ3n) is 5.88. The van der Waals surface area contributed by atoms with Crippen molar-refractivity contribution < 1.29 is 0 Å². The molecule has 2 N–H and O–H groups in total. The fraction of sp³-hybridized carbons (Fsp3) is 0.600. The van der Waals surface area contributed by atoms with E-state index in [4.69, 9.17) is 0 Å². The molecule has 3 nitrogen and oxygen atoms in total. The lowest BCUT2D eigenvalue weighted by atomic mass is 9.83. The van der Waals surface area contributed by atoms with Crippen LogP contribution in [0.15, 0.2) is 30.5 Å². The Labute approximate surface area is 139 Å². The summed E-state index contributed by atoms with van der Waals surface area (Å²) in [5.74, 6) is 0.868. The van der Waals surface area contributed by atoms with Crippen LogP contribution in [0.5, 0.6) is 0 Å². The summed E-state index contributed by atoms with van der Waals surface area (Å²) in [7, 11) is 0. The average molecular weight is 311 g/mol. The summed E-state index contributed by atoms with van der Waals surface area (Å²) >= 11 is 0. The summed E-state index contributed by atoms with van der Waals surface area (Å²) < 4.78 is 0. The van der Waals surface area contributed by atoms with Gasteiger partial charge in [0.15, 0.2) is 0 Å². The Morgan fingerprint density at radius 3 is 3.00 bits per heavy atom. The number of fused-ring (bicyclic) bond motifs is 2. The first-order chi connectivity index (χ1) is 11.4. The number of piperidine rings is 2. The second-order valence-corrected chi connectivity index (χ2v) is 7.32. The molecular formula is C20H29N3. The third-order valence-corrected chi connectivity index (χ3v) is 5.88. The summed E-state index contributed by atoms with van der Waals surface area (Å²) in [6.07, 6.45) is 10.4. The van der Waals surface area contributed by atoms with Crippen molar-refractivity contribution in [1.29, 1.82) is 0 Å². The number of H-pyrrole nitrogens is 1. The number of hydrogen-bond acceptors (Lipinski definition) is 2. The third kappa shape index (κ3) is 3.31. The van der Waals surface area contributed by atoms with E-state index in [1.54, 1.807) is 0 Å². The van der Waals surface area contributed by atoms with Gasteiger partial charge in [0.05, 0.1) is 0 Å². The zero-order chi connectivity index (χ0) is 15.5. The molecule has 0 aliphatic carbocycles. The highest BCUT2D eigenvalue weighted by Crippen LogP contribution is 2.30. The molecule has 3 heterocycles. The van der Waals surface area contributed by atoms with Crippen molar-refractivity contribution in [2.75, 3.05) is 26.2 Å². The van der Waals surface area contributed by atoms with Gasteiger partial charge in [0.2, 0.25) is 0 Å². The molecular weight excluding hydrogens is 282 g/mol. The standard InChI is InChI=1S/C20H29N3/c1-2-8-19-18(7-1)16(15-22-19)10-11-21-14-17-6-5-13-23-12-4-3-9-20(17)23/h1-2,7-8,15,17,20-22H,3-6,9-14H2/t17-,20+/m0/s1. The van der Waals surface area contributed by atoms with Gasteiger partial charge in [-0.3, -0.25) is 0 Å². The fourth-order valence-corrected chi connectivity index (χ4v) is 4.66.